The Morgan fingerprint density at radius 1 is 1.16 bits per heavy atom. The molecule has 0 heterocycles. The smallest absolute Gasteiger partial charge is 0.330 e. The van der Waals surface area contributed by atoms with Crippen LogP contribution in [0.5, 0.6) is 0 Å². The molecular formula is C33H51N5O5. The van der Waals surface area contributed by atoms with E-state index in [1.165, 1.54) is 12.5 Å². The first kappa shape index (κ1) is 35.5. The monoisotopic (exact) mass is 597 g/mol. The quantitative estimate of drug-likeness (QED) is 0.0375. The molecule has 3 amide bonds. The number of carboxylic acids is 1. The van der Waals surface area contributed by atoms with E-state index in [9.17, 15) is 24.6 Å². The van der Waals surface area contributed by atoms with Crippen molar-refractivity contribution in [1.82, 2.24) is 10.6 Å². The van der Waals surface area contributed by atoms with Crippen molar-refractivity contribution in [3.05, 3.63) is 59.8 Å². The highest BCUT2D eigenvalue weighted by Crippen LogP contribution is 2.29. The van der Waals surface area contributed by atoms with Crippen LogP contribution in [0.4, 0.5) is 4.79 Å². The zero-order valence-electron chi connectivity index (χ0n) is 25.7. The third-order valence-electron chi connectivity index (χ3n) is 7.75. The topological polar surface area (TPSA) is 180 Å². The summed E-state index contributed by atoms with van der Waals surface area (Å²) in [4.78, 5) is 40.0. The zero-order chi connectivity index (χ0) is 31.6. The second-order valence-electron chi connectivity index (χ2n) is 11.6. The molecule has 8 N–H and O–H groups in total. The molecule has 43 heavy (non-hydrogen) atoms. The number of aliphatic hydroxyl groups excluding tert-OH is 1. The summed E-state index contributed by atoms with van der Waals surface area (Å²) in [5, 5.41) is 25.3. The van der Waals surface area contributed by atoms with Crippen molar-refractivity contribution in [3.63, 3.8) is 0 Å². The molecule has 0 spiro atoms. The Balaban J connectivity index is 2.18. The van der Waals surface area contributed by atoms with Gasteiger partial charge in [-0.1, -0.05) is 75.6 Å². The van der Waals surface area contributed by atoms with Crippen LogP contribution in [-0.2, 0) is 9.59 Å². The Morgan fingerprint density at radius 3 is 2.60 bits per heavy atom. The van der Waals surface area contributed by atoms with Gasteiger partial charge in [0.15, 0.2) is 5.96 Å². The number of unbranched alkanes of at least 4 members (excludes halogenated alkanes) is 2. The second kappa shape index (κ2) is 19.5. The maximum Gasteiger partial charge on any atom is 0.330 e. The molecule has 0 aromatic carbocycles. The number of carbonyl (C=O) groups excluding carboxylic acids is 2. The van der Waals surface area contributed by atoms with E-state index in [-0.39, 0.29) is 18.1 Å². The number of hydrogen-bond donors (Lipinski definition) is 6. The number of nitrogens with zero attached hydrogens (tertiary/aromatic N) is 1. The number of carbonyl (C=O) groups is 3. The maximum absolute atomic E-state index is 12.4. The first-order valence-corrected chi connectivity index (χ1v) is 15.6. The maximum atomic E-state index is 12.4. The summed E-state index contributed by atoms with van der Waals surface area (Å²) in [5.41, 5.74) is 12.0. The minimum Gasteiger partial charge on any atom is -0.479 e. The van der Waals surface area contributed by atoms with E-state index in [0.717, 1.165) is 56.9 Å². The molecule has 2 aliphatic carbocycles. The number of aliphatic imine (C=N–C) groups is 1. The second-order valence-corrected chi connectivity index (χ2v) is 11.6. The third-order valence-corrected chi connectivity index (χ3v) is 7.75. The zero-order valence-corrected chi connectivity index (χ0v) is 25.7. The highest BCUT2D eigenvalue weighted by Gasteiger charge is 2.21. The van der Waals surface area contributed by atoms with E-state index in [2.05, 4.69) is 47.6 Å². The van der Waals surface area contributed by atoms with E-state index in [4.69, 9.17) is 11.5 Å². The average molecular weight is 598 g/mol. The molecule has 0 saturated carbocycles. The summed E-state index contributed by atoms with van der Waals surface area (Å²) in [7, 11) is 0. The highest BCUT2D eigenvalue weighted by atomic mass is 16.4. The predicted octanol–water partition coefficient (Wildman–Crippen LogP) is 4.63. The van der Waals surface area contributed by atoms with Crippen molar-refractivity contribution in [2.24, 2.45) is 34.2 Å². The normalized spacial score (nSPS) is 22.8. The Hall–Kier alpha value is -3.66. The van der Waals surface area contributed by atoms with Gasteiger partial charge in [0.1, 0.15) is 6.04 Å². The number of amides is 3. The minimum atomic E-state index is -1.12. The minimum absolute atomic E-state index is 0.0443. The van der Waals surface area contributed by atoms with Gasteiger partial charge in [0.05, 0.1) is 12.6 Å². The molecule has 5 unspecified atom stereocenters. The lowest BCUT2D eigenvalue weighted by Gasteiger charge is -2.23. The molecule has 0 radical (unpaired) electrons. The molecule has 0 aromatic rings. The van der Waals surface area contributed by atoms with Gasteiger partial charge in [-0.15, -0.1) is 0 Å². The number of rotatable bonds is 16. The number of aliphatic carboxylic acids is 1. The number of imide groups is 1. The number of aliphatic hydroxyl groups is 1. The summed E-state index contributed by atoms with van der Waals surface area (Å²) in [6.07, 6.45) is 25.1. The fourth-order valence-electron chi connectivity index (χ4n) is 5.51. The lowest BCUT2D eigenvalue weighted by atomic mass is 9.83. The number of carboxylic acid groups (broad SMARTS) is 1. The van der Waals surface area contributed by atoms with E-state index < -0.39 is 30.1 Å². The van der Waals surface area contributed by atoms with Crippen LogP contribution in [0.3, 0.4) is 0 Å². The van der Waals surface area contributed by atoms with Crippen LogP contribution in [-0.4, -0.2) is 52.8 Å². The summed E-state index contributed by atoms with van der Waals surface area (Å²) < 4.78 is 0. The average Bonchev–Trinajstić information content (AvgIpc) is 2.95. The molecular weight excluding hydrogens is 546 g/mol. The molecule has 238 valence electrons. The van der Waals surface area contributed by atoms with Gasteiger partial charge in [0, 0.05) is 5.57 Å². The molecule has 5 atom stereocenters. The van der Waals surface area contributed by atoms with Crippen LogP contribution in [0.15, 0.2) is 64.7 Å². The van der Waals surface area contributed by atoms with Gasteiger partial charge in [-0.05, 0) is 80.8 Å². The lowest BCUT2D eigenvalue weighted by Crippen LogP contribution is -2.43. The molecule has 0 saturated heterocycles. The molecule has 0 aromatic heterocycles. The van der Waals surface area contributed by atoms with Gasteiger partial charge in [-0.25, -0.2) is 14.6 Å². The van der Waals surface area contributed by atoms with Crippen LogP contribution in [0.2, 0.25) is 0 Å². The number of guanidine groups is 1. The molecule has 0 bridgehead atoms. The summed E-state index contributed by atoms with van der Waals surface area (Å²) in [6.45, 7) is 4.10. The number of primary amides is 1. The van der Waals surface area contributed by atoms with Gasteiger partial charge in [-0.2, -0.15) is 0 Å². The van der Waals surface area contributed by atoms with E-state index in [0.29, 0.717) is 30.6 Å². The SMILES string of the molecule is CCCCCC(O)/C(=C/CN=C(N)NC(/C=C(\C=C\CC1C=CCCC1)CC1CC=CC(C)C1)C(=O)O)C(=O)NC(N)=O. The first-order valence-electron chi connectivity index (χ1n) is 15.6. The van der Waals surface area contributed by atoms with Crippen molar-refractivity contribution in [1.29, 1.82) is 0 Å². The largest absolute Gasteiger partial charge is 0.479 e. The summed E-state index contributed by atoms with van der Waals surface area (Å²) >= 11 is 0. The van der Waals surface area contributed by atoms with Crippen molar-refractivity contribution in [2.45, 2.75) is 96.6 Å². The highest BCUT2D eigenvalue weighted by molar-refractivity contribution is 6.04. The van der Waals surface area contributed by atoms with Gasteiger partial charge in [0.2, 0.25) is 0 Å². The van der Waals surface area contributed by atoms with E-state index in [1.807, 2.05) is 18.3 Å². The summed E-state index contributed by atoms with van der Waals surface area (Å²) in [6, 6.07) is -2.15. The number of hydrogen-bond acceptors (Lipinski definition) is 5. The van der Waals surface area contributed by atoms with Gasteiger partial charge >= 0.3 is 12.0 Å². The van der Waals surface area contributed by atoms with Gasteiger partial charge in [-0.3, -0.25) is 10.1 Å². The molecule has 0 aliphatic heterocycles. The standard InChI is InChI=1S/C33H51N5O5/c1-3-4-6-17-29(39)27(30(40)38-33(35)43)18-19-36-32(34)37-28(31(41)42)22-26(21-25-15-9-11-23(2)20-25)16-10-14-24-12-7-5-8-13-24/h7,9-12,16,18,22-25,28-29,39H,3-6,8,13-15,17,19-21H2,1-2H3,(H,41,42)(H3,34,36,37)(H3,35,38,40,43)/b16-10+,26-22+,27-18-. The molecule has 10 nitrogen and oxygen atoms in total. The number of nitrogens with two attached hydrogens (primary N) is 2. The fourth-order valence-corrected chi connectivity index (χ4v) is 5.51. The molecule has 0 fully saturated rings. The van der Waals surface area contributed by atoms with Crippen molar-refractivity contribution in [3.8, 4) is 0 Å². The number of allylic oxidation sites excluding steroid dienone is 7. The fraction of sp³-hybridized carbons (Fsp3) is 0.576. The van der Waals surface area contributed by atoms with Gasteiger partial charge in [0.25, 0.3) is 5.91 Å². The van der Waals surface area contributed by atoms with Crippen molar-refractivity contribution < 1.29 is 24.6 Å². The van der Waals surface area contributed by atoms with Crippen LogP contribution in [0.1, 0.15) is 84.5 Å². The molecule has 2 aliphatic rings. The Kier molecular flexibility index (Phi) is 16.1. The van der Waals surface area contributed by atoms with Crippen LogP contribution >= 0.6 is 0 Å². The Bertz CT molecular complexity index is 1110. The first-order chi connectivity index (χ1) is 20.6. The molecule has 10 heteroatoms. The van der Waals surface area contributed by atoms with E-state index >= 15 is 0 Å². The van der Waals surface area contributed by atoms with Crippen LogP contribution < -0.4 is 22.1 Å². The molecule has 2 rings (SSSR count). The van der Waals surface area contributed by atoms with E-state index in [1.54, 1.807) is 6.08 Å². The van der Waals surface area contributed by atoms with Crippen molar-refractivity contribution >= 4 is 23.9 Å². The third kappa shape index (κ3) is 14.4. The van der Waals surface area contributed by atoms with Gasteiger partial charge < -0.3 is 27.0 Å². The number of urea groups is 1. The Morgan fingerprint density at radius 2 is 1.95 bits per heavy atom. The van der Waals surface area contributed by atoms with Crippen LogP contribution in [0, 0.1) is 17.8 Å². The van der Waals surface area contributed by atoms with Crippen LogP contribution in [0.25, 0.3) is 0 Å². The Labute approximate surface area is 256 Å². The predicted molar refractivity (Wildman–Crippen MR) is 171 cm³/mol. The van der Waals surface area contributed by atoms with Crippen molar-refractivity contribution in [2.75, 3.05) is 6.54 Å². The summed E-state index contributed by atoms with van der Waals surface area (Å²) in [5.74, 6) is -0.616. The lowest BCUT2D eigenvalue weighted by molar-refractivity contribution is -0.137. The number of nitrogens with one attached hydrogen (secondary N) is 2.